The summed E-state index contributed by atoms with van der Waals surface area (Å²) in [4.78, 5) is 26.1. The van der Waals surface area contributed by atoms with Gasteiger partial charge in [-0.3, -0.25) is 9.59 Å². The van der Waals surface area contributed by atoms with Crippen LogP contribution in [0.1, 0.15) is 52.7 Å². The van der Waals surface area contributed by atoms with Crippen LogP contribution < -0.4 is 11.5 Å². The summed E-state index contributed by atoms with van der Waals surface area (Å²) < 4.78 is 2.18. The predicted molar refractivity (Wildman–Crippen MR) is 121 cm³/mol. The quantitative estimate of drug-likeness (QED) is 0.612. The summed E-state index contributed by atoms with van der Waals surface area (Å²) in [5.41, 5.74) is 14.5. The van der Waals surface area contributed by atoms with Crippen LogP contribution in [0.5, 0.6) is 0 Å². The molecule has 2 aliphatic heterocycles. The third kappa shape index (κ3) is 5.24. The van der Waals surface area contributed by atoms with Crippen molar-refractivity contribution in [1.82, 2.24) is 9.21 Å². The predicted octanol–water partition coefficient (Wildman–Crippen LogP) is 1.80. The molecule has 164 valence electrons. The first kappa shape index (κ1) is 22.8. The molecule has 5 N–H and O–H groups in total. The van der Waals surface area contributed by atoms with Crippen LogP contribution in [-0.2, 0) is 4.79 Å². The van der Waals surface area contributed by atoms with Crippen LogP contribution in [0.2, 0.25) is 0 Å². The Morgan fingerprint density at radius 3 is 2.23 bits per heavy atom. The topological polar surface area (TPSA) is 113 Å². The number of amides is 2. The molecule has 2 fully saturated rings. The molecule has 3 rings (SSSR count). The number of aliphatic hydroxyl groups is 1. The summed E-state index contributed by atoms with van der Waals surface area (Å²) in [6.07, 6.45) is 4.18. The van der Waals surface area contributed by atoms with E-state index in [9.17, 15) is 14.7 Å². The smallest absolute Gasteiger partial charge is 0.253 e. The largest absolute Gasteiger partial charge is 0.393 e. The van der Waals surface area contributed by atoms with Gasteiger partial charge in [0.2, 0.25) is 5.91 Å². The number of nitrogens with zero attached hydrogens (tertiary/aromatic N) is 2. The molecule has 2 saturated heterocycles. The summed E-state index contributed by atoms with van der Waals surface area (Å²) in [6, 6.07) is 3.89. The number of hydrogen-bond donors (Lipinski definition) is 3. The lowest BCUT2D eigenvalue weighted by Gasteiger charge is -2.35. The Balaban J connectivity index is 1.60. The van der Waals surface area contributed by atoms with Crippen LogP contribution >= 0.6 is 11.9 Å². The van der Waals surface area contributed by atoms with Crippen LogP contribution in [0.3, 0.4) is 0 Å². The summed E-state index contributed by atoms with van der Waals surface area (Å²) in [7, 11) is 0. The van der Waals surface area contributed by atoms with Crippen LogP contribution in [0.4, 0.5) is 0 Å². The standard InChI is InChI=1S/C22H32N4O3S/c1-15-13-17(20(28)25-8-3-18(27)4-9-25)14-16(2)19(15)5-12-30-26-10-6-22(24,7-11-26)21(23)29/h5,12-14,18,27H,3-4,6-11,24H2,1-2H3,(H2,23,29)/b12-5+. The average molecular weight is 433 g/mol. The number of hydrogen-bond acceptors (Lipinski definition) is 6. The van der Waals surface area contributed by atoms with E-state index in [2.05, 4.69) is 10.4 Å². The van der Waals surface area contributed by atoms with Gasteiger partial charge in [-0.1, -0.05) is 11.9 Å². The highest BCUT2D eigenvalue weighted by Crippen LogP contribution is 2.27. The zero-order chi connectivity index (χ0) is 21.9. The first-order chi connectivity index (χ1) is 14.2. The van der Waals surface area contributed by atoms with E-state index in [4.69, 9.17) is 11.5 Å². The minimum atomic E-state index is -0.886. The van der Waals surface area contributed by atoms with Gasteiger partial charge in [-0.2, -0.15) is 0 Å². The number of carbonyl (C=O) groups excluding carboxylic acids is 2. The summed E-state index contributed by atoms with van der Waals surface area (Å²) in [6.45, 7) is 6.67. The second-order valence-corrected chi connectivity index (χ2v) is 9.40. The van der Waals surface area contributed by atoms with Gasteiger partial charge in [-0.15, -0.1) is 0 Å². The van der Waals surface area contributed by atoms with E-state index in [1.165, 1.54) is 0 Å². The number of carbonyl (C=O) groups is 2. The number of rotatable bonds is 5. The number of primary amides is 1. The maximum absolute atomic E-state index is 12.8. The molecule has 7 nitrogen and oxygen atoms in total. The van der Waals surface area contributed by atoms with Crippen molar-refractivity contribution in [2.45, 2.75) is 51.2 Å². The van der Waals surface area contributed by atoms with Crippen molar-refractivity contribution < 1.29 is 14.7 Å². The second-order valence-electron chi connectivity index (χ2n) is 8.40. The van der Waals surface area contributed by atoms with Gasteiger partial charge in [0.15, 0.2) is 0 Å². The van der Waals surface area contributed by atoms with Gasteiger partial charge in [0, 0.05) is 31.7 Å². The van der Waals surface area contributed by atoms with E-state index in [0.717, 1.165) is 16.7 Å². The molecule has 0 aliphatic carbocycles. The van der Waals surface area contributed by atoms with Crippen LogP contribution in [0.25, 0.3) is 6.08 Å². The Morgan fingerprint density at radius 1 is 1.13 bits per heavy atom. The molecule has 1 aromatic carbocycles. The molecule has 0 unspecified atom stereocenters. The molecule has 0 spiro atoms. The number of likely N-dealkylation sites (tertiary alicyclic amines) is 1. The monoisotopic (exact) mass is 432 g/mol. The number of benzene rings is 1. The normalized spacial score (nSPS) is 20.6. The molecule has 30 heavy (non-hydrogen) atoms. The minimum Gasteiger partial charge on any atom is -0.393 e. The number of piperidine rings is 2. The minimum absolute atomic E-state index is 0.0334. The van der Waals surface area contributed by atoms with Crippen molar-refractivity contribution in [1.29, 1.82) is 0 Å². The van der Waals surface area contributed by atoms with E-state index >= 15 is 0 Å². The van der Waals surface area contributed by atoms with Gasteiger partial charge in [-0.25, -0.2) is 4.31 Å². The number of nitrogens with two attached hydrogens (primary N) is 2. The second kappa shape index (κ2) is 9.51. The molecule has 0 radical (unpaired) electrons. The van der Waals surface area contributed by atoms with Gasteiger partial charge in [0.1, 0.15) is 0 Å². The van der Waals surface area contributed by atoms with E-state index in [1.54, 1.807) is 11.9 Å². The van der Waals surface area contributed by atoms with Gasteiger partial charge in [-0.05, 0) is 79.8 Å². The maximum atomic E-state index is 12.8. The molecule has 0 aromatic heterocycles. The lowest BCUT2D eigenvalue weighted by atomic mass is 9.89. The van der Waals surface area contributed by atoms with E-state index < -0.39 is 11.4 Å². The van der Waals surface area contributed by atoms with Crippen molar-refractivity contribution in [2.75, 3.05) is 26.2 Å². The Morgan fingerprint density at radius 2 is 1.70 bits per heavy atom. The number of aliphatic hydroxyl groups excluding tert-OH is 1. The van der Waals surface area contributed by atoms with E-state index in [-0.39, 0.29) is 12.0 Å². The molecule has 0 atom stereocenters. The van der Waals surface area contributed by atoms with Crippen molar-refractivity contribution in [3.63, 3.8) is 0 Å². The zero-order valence-electron chi connectivity index (χ0n) is 17.8. The molecule has 2 aliphatic rings. The van der Waals surface area contributed by atoms with Crippen LogP contribution in [0.15, 0.2) is 17.5 Å². The van der Waals surface area contributed by atoms with E-state index in [0.29, 0.717) is 57.4 Å². The number of aryl methyl sites for hydroxylation is 2. The molecular weight excluding hydrogens is 400 g/mol. The van der Waals surface area contributed by atoms with Crippen molar-refractivity contribution in [3.8, 4) is 0 Å². The average Bonchev–Trinajstić information content (AvgIpc) is 2.71. The molecule has 0 saturated carbocycles. The highest BCUT2D eigenvalue weighted by molar-refractivity contribution is 8.00. The lowest BCUT2D eigenvalue weighted by molar-refractivity contribution is -0.124. The van der Waals surface area contributed by atoms with Crippen LogP contribution in [0, 0.1) is 13.8 Å². The zero-order valence-corrected chi connectivity index (χ0v) is 18.6. The van der Waals surface area contributed by atoms with Gasteiger partial charge in [0.05, 0.1) is 11.6 Å². The molecule has 0 bridgehead atoms. The maximum Gasteiger partial charge on any atom is 0.253 e. The Kier molecular flexibility index (Phi) is 7.23. The van der Waals surface area contributed by atoms with E-state index in [1.807, 2.05) is 36.3 Å². The summed E-state index contributed by atoms with van der Waals surface area (Å²) in [5.74, 6) is -0.393. The molecule has 2 heterocycles. The molecule has 1 aromatic rings. The van der Waals surface area contributed by atoms with Gasteiger partial charge >= 0.3 is 0 Å². The fourth-order valence-corrected chi connectivity index (χ4v) is 4.80. The first-order valence-corrected chi connectivity index (χ1v) is 11.3. The SMILES string of the molecule is Cc1cc(C(=O)N2CCC(O)CC2)cc(C)c1/C=C/SN1CCC(N)(C(N)=O)CC1. The van der Waals surface area contributed by atoms with Crippen molar-refractivity contribution in [3.05, 3.63) is 39.8 Å². The Hall–Kier alpha value is -1.87. The van der Waals surface area contributed by atoms with Crippen molar-refractivity contribution in [2.24, 2.45) is 11.5 Å². The Labute approximate surface area is 182 Å². The third-order valence-corrected chi connectivity index (χ3v) is 7.06. The highest BCUT2D eigenvalue weighted by atomic mass is 32.2. The van der Waals surface area contributed by atoms with Gasteiger partial charge < -0.3 is 21.5 Å². The first-order valence-electron chi connectivity index (χ1n) is 10.5. The molecular formula is C22H32N4O3S. The van der Waals surface area contributed by atoms with Gasteiger partial charge in [0.25, 0.3) is 5.91 Å². The van der Waals surface area contributed by atoms with Crippen LogP contribution in [-0.4, -0.2) is 63.9 Å². The third-order valence-electron chi connectivity index (χ3n) is 6.14. The Bertz CT molecular complexity index is 803. The summed E-state index contributed by atoms with van der Waals surface area (Å²) >= 11 is 1.60. The highest BCUT2D eigenvalue weighted by Gasteiger charge is 2.35. The molecule has 2 amide bonds. The lowest BCUT2D eigenvalue weighted by Crippen LogP contribution is -2.57. The summed E-state index contributed by atoms with van der Waals surface area (Å²) in [5, 5.41) is 11.7. The molecule has 8 heteroatoms. The fourth-order valence-electron chi connectivity index (χ4n) is 4.03. The van der Waals surface area contributed by atoms with Crippen molar-refractivity contribution >= 4 is 29.8 Å². The fraction of sp³-hybridized carbons (Fsp3) is 0.545.